The second-order valence-electron chi connectivity index (χ2n) is 4.40. The van der Waals surface area contributed by atoms with Gasteiger partial charge in [0.2, 0.25) is 0 Å². The molecule has 0 saturated carbocycles. The number of likely N-dealkylation sites (tertiary alicyclic amines) is 1. The largest absolute Gasteiger partial charge is 0.325 e. The summed E-state index contributed by atoms with van der Waals surface area (Å²) in [6, 6.07) is 0. The summed E-state index contributed by atoms with van der Waals surface area (Å²) in [5.41, 5.74) is 5.95. The Hall–Kier alpha value is -0.410. The second kappa shape index (κ2) is 4.20. The number of ketones is 1. The standard InChI is InChI=1S/C10H20N2O/c1-9(13)8-10(11)4-3-6-12(2)7-5-10/h3-8,11H2,1-2H3. The van der Waals surface area contributed by atoms with Crippen molar-refractivity contribution in [1.29, 1.82) is 0 Å². The molecule has 1 rings (SSSR count). The normalized spacial score (nSPS) is 31.3. The molecule has 1 heterocycles. The molecule has 1 fully saturated rings. The third-order valence-electron chi connectivity index (χ3n) is 2.81. The first kappa shape index (κ1) is 10.7. The Kier molecular flexibility index (Phi) is 3.45. The van der Waals surface area contributed by atoms with Crippen LogP contribution in [0.3, 0.4) is 0 Å². The zero-order valence-corrected chi connectivity index (χ0v) is 8.68. The molecule has 1 unspecified atom stereocenters. The maximum Gasteiger partial charge on any atom is 0.131 e. The first-order valence-electron chi connectivity index (χ1n) is 4.99. The molecular formula is C10H20N2O. The number of nitrogens with zero attached hydrogens (tertiary/aromatic N) is 1. The lowest BCUT2D eigenvalue weighted by atomic mass is 9.87. The smallest absolute Gasteiger partial charge is 0.131 e. The second-order valence-corrected chi connectivity index (χ2v) is 4.40. The maximum atomic E-state index is 11.0. The number of hydrogen-bond acceptors (Lipinski definition) is 3. The highest BCUT2D eigenvalue weighted by atomic mass is 16.1. The van der Waals surface area contributed by atoms with Gasteiger partial charge in [0.25, 0.3) is 0 Å². The van der Waals surface area contributed by atoms with Gasteiger partial charge in [-0.3, -0.25) is 4.79 Å². The molecule has 76 valence electrons. The first-order valence-corrected chi connectivity index (χ1v) is 4.99. The van der Waals surface area contributed by atoms with Crippen LogP contribution in [0, 0.1) is 0 Å². The summed E-state index contributed by atoms with van der Waals surface area (Å²) in [4.78, 5) is 13.3. The van der Waals surface area contributed by atoms with Gasteiger partial charge in [0.1, 0.15) is 5.78 Å². The quantitative estimate of drug-likeness (QED) is 0.690. The number of Topliss-reactive ketones (excluding diaryl/α,β-unsaturated/α-hetero) is 1. The van der Waals surface area contributed by atoms with Crippen molar-refractivity contribution in [1.82, 2.24) is 4.90 Å². The van der Waals surface area contributed by atoms with Crippen LogP contribution in [-0.2, 0) is 4.79 Å². The third kappa shape index (κ3) is 3.44. The highest BCUT2D eigenvalue weighted by Gasteiger charge is 2.28. The van der Waals surface area contributed by atoms with Gasteiger partial charge in [-0.2, -0.15) is 0 Å². The van der Waals surface area contributed by atoms with Crippen molar-refractivity contribution < 1.29 is 4.79 Å². The number of nitrogens with two attached hydrogens (primary N) is 1. The van der Waals surface area contributed by atoms with E-state index in [-0.39, 0.29) is 11.3 Å². The van der Waals surface area contributed by atoms with E-state index in [1.807, 2.05) is 0 Å². The summed E-state index contributed by atoms with van der Waals surface area (Å²) in [5.74, 6) is 0.215. The number of carbonyl (C=O) groups is 1. The van der Waals surface area contributed by atoms with Crippen LogP contribution in [0.1, 0.15) is 32.6 Å². The van der Waals surface area contributed by atoms with Crippen molar-refractivity contribution in [3.63, 3.8) is 0 Å². The Morgan fingerprint density at radius 1 is 1.46 bits per heavy atom. The molecule has 1 saturated heterocycles. The molecule has 3 heteroatoms. The lowest BCUT2D eigenvalue weighted by molar-refractivity contribution is -0.118. The fourth-order valence-corrected chi connectivity index (χ4v) is 2.02. The molecule has 1 atom stereocenters. The van der Waals surface area contributed by atoms with Gasteiger partial charge in [-0.1, -0.05) is 0 Å². The van der Waals surface area contributed by atoms with Gasteiger partial charge in [0.15, 0.2) is 0 Å². The molecule has 0 aromatic heterocycles. The Morgan fingerprint density at radius 3 is 2.77 bits per heavy atom. The zero-order valence-electron chi connectivity index (χ0n) is 8.68. The Morgan fingerprint density at radius 2 is 2.15 bits per heavy atom. The van der Waals surface area contributed by atoms with Gasteiger partial charge in [0, 0.05) is 12.0 Å². The summed E-state index contributed by atoms with van der Waals surface area (Å²) in [6.07, 6.45) is 3.58. The minimum atomic E-state index is -0.226. The average Bonchev–Trinajstić information content (AvgIpc) is 2.12. The summed E-state index contributed by atoms with van der Waals surface area (Å²) >= 11 is 0. The van der Waals surface area contributed by atoms with Crippen molar-refractivity contribution in [2.24, 2.45) is 5.73 Å². The van der Waals surface area contributed by atoms with E-state index in [1.54, 1.807) is 6.92 Å². The van der Waals surface area contributed by atoms with Crippen molar-refractivity contribution in [3.05, 3.63) is 0 Å². The van der Waals surface area contributed by atoms with Gasteiger partial charge >= 0.3 is 0 Å². The van der Waals surface area contributed by atoms with Gasteiger partial charge in [0.05, 0.1) is 0 Å². The van der Waals surface area contributed by atoms with E-state index < -0.39 is 0 Å². The minimum absolute atomic E-state index is 0.215. The molecule has 0 spiro atoms. The monoisotopic (exact) mass is 184 g/mol. The number of hydrogen-bond donors (Lipinski definition) is 1. The average molecular weight is 184 g/mol. The molecule has 0 radical (unpaired) electrons. The Bertz CT molecular complexity index is 193. The summed E-state index contributed by atoms with van der Waals surface area (Å²) in [6.45, 7) is 3.75. The molecular weight excluding hydrogens is 164 g/mol. The van der Waals surface area contributed by atoms with Gasteiger partial charge in [-0.25, -0.2) is 0 Å². The fourth-order valence-electron chi connectivity index (χ4n) is 2.02. The van der Waals surface area contributed by atoms with E-state index >= 15 is 0 Å². The lowest BCUT2D eigenvalue weighted by Crippen LogP contribution is -2.42. The third-order valence-corrected chi connectivity index (χ3v) is 2.81. The highest BCUT2D eigenvalue weighted by molar-refractivity contribution is 5.76. The van der Waals surface area contributed by atoms with E-state index in [0.717, 1.165) is 32.4 Å². The predicted molar refractivity (Wildman–Crippen MR) is 53.6 cm³/mol. The first-order chi connectivity index (χ1) is 6.02. The zero-order chi connectivity index (χ0) is 9.90. The number of rotatable bonds is 2. The lowest BCUT2D eigenvalue weighted by Gasteiger charge is -2.26. The molecule has 13 heavy (non-hydrogen) atoms. The molecule has 0 aromatic rings. The van der Waals surface area contributed by atoms with Crippen molar-refractivity contribution in [2.75, 3.05) is 20.1 Å². The summed E-state index contributed by atoms with van der Waals surface area (Å²) in [7, 11) is 2.11. The van der Waals surface area contributed by atoms with Crippen molar-refractivity contribution in [3.8, 4) is 0 Å². The maximum absolute atomic E-state index is 11.0. The van der Waals surface area contributed by atoms with Crippen LogP contribution in [0.2, 0.25) is 0 Å². The van der Waals surface area contributed by atoms with Crippen LogP contribution in [-0.4, -0.2) is 36.4 Å². The van der Waals surface area contributed by atoms with E-state index in [0.29, 0.717) is 6.42 Å². The fraction of sp³-hybridized carbons (Fsp3) is 0.900. The van der Waals surface area contributed by atoms with Crippen LogP contribution in [0.25, 0.3) is 0 Å². The molecule has 3 nitrogen and oxygen atoms in total. The van der Waals surface area contributed by atoms with Crippen LogP contribution in [0.15, 0.2) is 0 Å². The van der Waals surface area contributed by atoms with Gasteiger partial charge in [-0.15, -0.1) is 0 Å². The van der Waals surface area contributed by atoms with E-state index in [9.17, 15) is 4.79 Å². The Balaban J connectivity index is 2.52. The van der Waals surface area contributed by atoms with Gasteiger partial charge in [-0.05, 0) is 46.3 Å². The van der Waals surface area contributed by atoms with E-state index in [1.165, 1.54) is 0 Å². The molecule has 0 aliphatic carbocycles. The van der Waals surface area contributed by atoms with Crippen molar-refractivity contribution >= 4 is 5.78 Å². The SMILES string of the molecule is CC(=O)CC1(N)CCCN(C)CC1. The summed E-state index contributed by atoms with van der Waals surface area (Å²) in [5, 5.41) is 0. The van der Waals surface area contributed by atoms with E-state index in [2.05, 4.69) is 11.9 Å². The summed E-state index contributed by atoms with van der Waals surface area (Å²) < 4.78 is 0. The van der Waals surface area contributed by atoms with Crippen molar-refractivity contribution in [2.45, 2.75) is 38.1 Å². The van der Waals surface area contributed by atoms with Crippen LogP contribution >= 0.6 is 0 Å². The number of carbonyl (C=O) groups excluding carboxylic acids is 1. The Labute approximate surface area is 80.3 Å². The molecule has 2 N–H and O–H groups in total. The predicted octanol–water partition coefficient (Wildman–Crippen LogP) is 0.779. The minimum Gasteiger partial charge on any atom is -0.325 e. The highest BCUT2D eigenvalue weighted by Crippen LogP contribution is 2.22. The molecule has 1 aliphatic heterocycles. The molecule has 0 aromatic carbocycles. The topological polar surface area (TPSA) is 46.3 Å². The molecule has 0 amide bonds. The van der Waals surface area contributed by atoms with Gasteiger partial charge < -0.3 is 10.6 Å². The van der Waals surface area contributed by atoms with E-state index in [4.69, 9.17) is 5.73 Å². The molecule has 1 aliphatic rings. The molecule has 0 bridgehead atoms. The van der Waals surface area contributed by atoms with Crippen LogP contribution in [0.5, 0.6) is 0 Å². The van der Waals surface area contributed by atoms with Crippen LogP contribution in [0.4, 0.5) is 0 Å². The van der Waals surface area contributed by atoms with Crippen LogP contribution < -0.4 is 5.73 Å².